The van der Waals surface area contributed by atoms with Crippen molar-refractivity contribution in [1.82, 2.24) is 4.57 Å². The fourth-order valence-electron chi connectivity index (χ4n) is 13.3. The molecule has 0 amide bonds. The zero-order chi connectivity index (χ0) is 56.1. The Bertz CT molecular complexity index is 4300. The fourth-order valence-corrected chi connectivity index (χ4v) is 23.0. The van der Waals surface area contributed by atoms with Crippen LogP contribution in [0.25, 0.3) is 27.5 Å². The van der Waals surface area contributed by atoms with Gasteiger partial charge in [0.25, 0.3) is 0 Å². The molecule has 0 saturated carbocycles. The lowest BCUT2D eigenvalue weighted by Crippen LogP contribution is -2.75. The molecule has 1 heterocycles. The van der Waals surface area contributed by atoms with E-state index in [9.17, 15) is 0 Å². The van der Waals surface area contributed by atoms with Gasteiger partial charge in [0.2, 0.25) is 0 Å². The molecular weight excluding hydrogens is 1050 g/mol. The summed E-state index contributed by atoms with van der Waals surface area (Å²) in [7, 11) is -5.68. The third-order valence-corrected chi connectivity index (χ3v) is 26.5. The van der Waals surface area contributed by atoms with Crippen LogP contribution in [0.3, 0.4) is 0 Å². The van der Waals surface area contributed by atoms with E-state index in [4.69, 9.17) is 0 Å². The van der Waals surface area contributed by atoms with E-state index in [1.54, 1.807) is 0 Å². The molecule has 14 aromatic rings. The Labute approximate surface area is 495 Å². The molecule has 1 aromatic heterocycles. The number of fused-ring (bicyclic) bond motifs is 3. The first kappa shape index (κ1) is 51.9. The first-order valence-electron chi connectivity index (χ1n) is 29.0. The molecule has 0 unspecified atom stereocenters. The Morgan fingerprint density at radius 1 is 0.298 bits per heavy atom. The SMILES string of the molecule is B(c1ccccc1Nc1ccccc1)c1ccc([Si](c2ccccc2)(c2ccccc2)c2ccccc2)cc1N(c1cccc(-n2c3ccccc3c3ccccc32)c1)c1ccccc1[Si](c1ccccc1)(c1ccccc1)c1ccccc1. The van der Waals surface area contributed by atoms with Crippen LogP contribution in [0.4, 0.5) is 28.4 Å². The lowest BCUT2D eigenvalue weighted by atomic mass is 9.62. The Balaban J connectivity index is 1.12. The molecule has 84 heavy (non-hydrogen) atoms. The van der Waals surface area contributed by atoms with Gasteiger partial charge >= 0.3 is 0 Å². The normalized spacial score (nSPS) is 11.6. The van der Waals surface area contributed by atoms with Gasteiger partial charge in [-0.15, -0.1) is 0 Å². The number of anilines is 5. The molecule has 0 aliphatic rings. The third-order valence-electron chi connectivity index (χ3n) is 16.9. The van der Waals surface area contributed by atoms with Gasteiger partial charge < -0.3 is 14.8 Å². The highest BCUT2D eigenvalue weighted by Crippen LogP contribution is 2.38. The van der Waals surface area contributed by atoms with Gasteiger partial charge in [-0.05, 0) is 102 Å². The third kappa shape index (κ3) is 9.28. The lowest BCUT2D eigenvalue weighted by Gasteiger charge is -2.40. The van der Waals surface area contributed by atoms with Crippen molar-refractivity contribution in [3.63, 3.8) is 0 Å². The summed E-state index contributed by atoms with van der Waals surface area (Å²) in [4.78, 5) is 2.65. The second-order valence-electron chi connectivity index (χ2n) is 21.6. The van der Waals surface area contributed by atoms with Crippen LogP contribution < -0.4 is 62.6 Å². The molecule has 0 bridgehead atoms. The van der Waals surface area contributed by atoms with Crippen LogP contribution in [0.1, 0.15) is 0 Å². The average molecular weight is 1110 g/mol. The molecule has 0 saturated heterocycles. The maximum atomic E-state index is 3.84. The minimum absolute atomic E-state index is 0.645. The van der Waals surface area contributed by atoms with Crippen molar-refractivity contribution in [3.05, 3.63) is 352 Å². The second kappa shape index (κ2) is 23.0. The minimum atomic E-state index is -3.21. The number of hydrogen-bond acceptors (Lipinski definition) is 2. The number of hydrogen-bond donors (Lipinski definition) is 1. The highest BCUT2D eigenvalue weighted by atomic mass is 28.3. The number of para-hydroxylation sites is 5. The first-order valence-corrected chi connectivity index (χ1v) is 33.0. The molecule has 13 aromatic carbocycles. The van der Waals surface area contributed by atoms with E-state index in [2.05, 4.69) is 367 Å². The van der Waals surface area contributed by atoms with Crippen molar-refractivity contribution in [3.8, 4) is 5.69 Å². The summed E-state index contributed by atoms with van der Waals surface area (Å²) in [5.74, 6) is 0. The summed E-state index contributed by atoms with van der Waals surface area (Å²) in [6, 6.07) is 131. The van der Waals surface area contributed by atoms with Crippen LogP contribution >= 0.6 is 0 Å². The molecule has 0 aliphatic carbocycles. The molecule has 398 valence electrons. The van der Waals surface area contributed by atoms with Crippen molar-refractivity contribution >= 4 is 126 Å². The van der Waals surface area contributed by atoms with Crippen molar-refractivity contribution in [2.45, 2.75) is 0 Å². The van der Waals surface area contributed by atoms with E-state index >= 15 is 0 Å². The largest absolute Gasteiger partial charge is 0.356 e. The molecule has 6 heteroatoms. The number of rotatable bonds is 16. The summed E-state index contributed by atoms with van der Waals surface area (Å²) in [6.07, 6.45) is 0. The summed E-state index contributed by atoms with van der Waals surface area (Å²) in [5.41, 5.74) is 11.2. The van der Waals surface area contributed by atoms with Crippen molar-refractivity contribution in [2.75, 3.05) is 10.2 Å². The molecule has 14 rings (SSSR count). The highest BCUT2D eigenvalue weighted by molar-refractivity contribution is 7.21. The standard InChI is InChI=1S/C78H60BN3Si2/c1-8-31-59(32-9-1)80-73-50-25-24-49-71(73)79-72-56-55-68(83(62-35-10-2-11-36-62,63-37-12-3-13-38-63)64-39-14-4-15-40-64)58-77(72)82(61-34-30-33-60(57-61)81-74-51-26-22-47-69(74)70-48-23-27-52-75(70)81)76-53-28-29-54-78(76)84(65-41-16-5-17-42-65,66-43-18-6-19-44-66)67-45-20-7-21-46-67/h1-58,79-80H. The monoisotopic (exact) mass is 1110 g/mol. The quantitative estimate of drug-likeness (QED) is 0.0769. The molecule has 0 fully saturated rings. The fraction of sp³-hybridized carbons (Fsp3) is 0. The predicted octanol–water partition coefficient (Wildman–Crippen LogP) is 12.1. The van der Waals surface area contributed by atoms with Gasteiger partial charge in [0.15, 0.2) is 23.4 Å². The van der Waals surface area contributed by atoms with Gasteiger partial charge in [0.05, 0.1) is 11.0 Å². The first-order chi connectivity index (χ1) is 41.7. The summed E-state index contributed by atoms with van der Waals surface area (Å²) in [6.45, 7) is 0. The Hall–Kier alpha value is -10.2. The summed E-state index contributed by atoms with van der Waals surface area (Å²) < 4.78 is 2.45. The molecule has 0 radical (unpaired) electrons. The van der Waals surface area contributed by atoms with E-state index in [0.29, 0.717) is 7.28 Å². The van der Waals surface area contributed by atoms with E-state index in [-0.39, 0.29) is 0 Å². The van der Waals surface area contributed by atoms with Crippen LogP contribution in [0.15, 0.2) is 352 Å². The van der Waals surface area contributed by atoms with Crippen molar-refractivity contribution in [2.24, 2.45) is 0 Å². The zero-order valence-electron chi connectivity index (χ0n) is 46.6. The van der Waals surface area contributed by atoms with Crippen LogP contribution in [-0.4, -0.2) is 28.0 Å². The van der Waals surface area contributed by atoms with Crippen LogP contribution in [0.2, 0.25) is 0 Å². The Kier molecular flexibility index (Phi) is 14.2. The van der Waals surface area contributed by atoms with Gasteiger partial charge in [0.1, 0.15) is 0 Å². The van der Waals surface area contributed by atoms with Crippen molar-refractivity contribution < 1.29 is 0 Å². The maximum absolute atomic E-state index is 3.84. The predicted molar refractivity (Wildman–Crippen MR) is 365 cm³/mol. The van der Waals surface area contributed by atoms with E-state index < -0.39 is 16.1 Å². The summed E-state index contributed by atoms with van der Waals surface area (Å²) >= 11 is 0. The van der Waals surface area contributed by atoms with E-state index in [1.165, 1.54) is 74.2 Å². The Morgan fingerprint density at radius 2 is 0.726 bits per heavy atom. The molecular formula is C78H60BN3Si2. The molecule has 3 nitrogen and oxygen atoms in total. The van der Waals surface area contributed by atoms with Crippen LogP contribution in [0.5, 0.6) is 0 Å². The van der Waals surface area contributed by atoms with Crippen LogP contribution in [0, 0.1) is 0 Å². The van der Waals surface area contributed by atoms with Gasteiger partial charge in [-0.1, -0.05) is 302 Å². The number of nitrogens with one attached hydrogen (secondary N) is 1. The number of benzene rings is 13. The van der Waals surface area contributed by atoms with Gasteiger partial charge in [0, 0.05) is 44.9 Å². The zero-order valence-corrected chi connectivity index (χ0v) is 48.6. The van der Waals surface area contributed by atoms with Crippen LogP contribution in [-0.2, 0) is 0 Å². The van der Waals surface area contributed by atoms with Gasteiger partial charge in [-0.2, -0.15) is 0 Å². The van der Waals surface area contributed by atoms with E-state index in [0.717, 1.165) is 34.1 Å². The summed E-state index contributed by atoms with van der Waals surface area (Å²) in [5, 5.41) is 16.8. The van der Waals surface area contributed by atoms with E-state index in [1.807, 2.05) is 0 Å². The van der Waals surface area contributed by atoms with Gasteiger partial charge in [-0.3, -0.25) is 0 Å². The average Bonchev–Trinajstić information content (AvgIpc) is 2.66. The lowest BCUT2D eigenvalue weighted by molar-refractivity contribution is 1.17. The minimum Gasteiger partial charge on any atom is -0.356 e. The molecule has 0 spiro atoms. The number of nitrogens with zero attached hydrogens (tertiary/aromatic N) is 2. The molecule has 0 aliphatic heterocycles. The highest BCUT2D eigenvalue weighted by Gasteiger charge is 2.45. The van der Waals surface area contributed by atoms with Crippen molar-refractivity contribution in [1.29, 1.82) is 0 Å². The topological polar surface area (TPSA) is 20.2 Å². The molecule has 0 atom stereocenters. The second-order valence-corrected chi connectivity index (χ2v) is 29.2. The molecule has 1 N–H and O–H groups in total. The Morgan fingerprint density at radius 3 is 1.25 bits per heavy atom. The smallest absolute Gasteiger partial charge is 0.197 e. The number of aromatic nitrogens is 1. The van der Waals surface area contributed by atoms with Gasteiger partial charge in [-0.25, -0.2) is 0 Å². The maximum Gasteiger partial charge on any atom is 0.197 e.